The van der Waals surface area contributed by atoms with E-state index in [0.717, 1.165) is 20.5 Å². The molecule has 0 fully saturated rings. The molecular weight excluding hydrogens is 507 g/mol. The van der Waals surface area contributed by atoms with Crippen molar-refractivity contribution in [1.82, 2.24) is 5.32 Å². The molecule has 9 heteroatoms. The summed E-state index contributed by atoms with van der Waals surface area (Å²) in [7, 11) is 1.27. The standard InChI is InChI=1S/C23H25BrF3NO3S/c1-14-12-18(13-15(2)21(14)24)32-19(8-10-23(25,26)27)16-4-6-17(7-5-16)22(30)28-11-9-20(29)31-3/h4-7,12-13,19H,8-11H2,1-3H3,(H,28,30). The normalized spacial score (nSPS) is 12.3. The highest BCUT2D eigenvalue weighted by Gasteiger charge is 2.29. The number of esters is 1. The number of alkyl halides is 3. The van der Waals surface area contributed by atoms with Crippen LogP contribution < -0.4 is 5.32 Å². The lowest BCUT2D eigenvalue weighted by Gasteiger charge is -2.19. The van der Waals surface area contributed by atoms with Gasteiger partial charge in [0.2, 0.25) is 0 Å². The predicted octanol–water partition coefficient (Wildman–Crippen LogP) is 6.53. The van der Waals surface area contributed by atoms with Gasteiger partial charge in [0.15, 0.2) is 0 Å². The van der Waals surface area contributed by atoms with Gasteiger partial charge in [-0.05, 0) is 61.2 Å². The Bertz CT molecular complexity index is 925. The lowest BCUT2D eigenvalue weighted by molar-refractivity contribution is -0.140. The maximum atomic E-state index is 12.9. The first kappa shape index (κ1) is 26.3. The van der Waals surface area contributed by atoms with Crippen LogP contribution in [-0.4, -0.2) is 31.7 Å². The van der Waals surface area contributed by atoms with Gasteiger partial charge in [-0.15, -0.1) is 11.8 Å². The van der Waals surface area contributed by atoms with E-state index in [1.807, 2.05) is 26.0 Å². The monoisotopic (exact) mass is 531 g/mol. The van der Waals surface area contributed by atoms with Gasteiger partial charge in [0.05, 0.1) is 13.5 Å². The SMILES string of the molecule is COC(=O)CCNC(=O)c1ccc(C(CCC(F)(F)F)Sc2cc(C)c(Br)c(C)c2)cc1. The first-order chi connectivity index (χ1) is 15.0. The van der Waals surface area contributed by atoms with E-state index in [4.69, 9.17) is 0 Å². The smallest absolute Gasteiger partial charge is 0.389 e. The largest absolute Gasteiger partial charge is 0.469 e. The van der Waals surface area contributed by atoms with Crippen molar-refractivity contribution in [3.8, 4) is 0 Å². The lowest BCUT2D eigenvalue weighted by Crippen LogP contribution is -2.26. The zero-order chi connectivity index (χ0) is 23.9. The van der Waals surface area contributed by atoms with Gasteiger partial charge in [-0.1, -0.05) is 28.1 Å². The van der Waals surface area contributed by atoms with E-state index in [1.54, 1.807) is 24.3 Å². The molecule has 0 spiro atoms. The number of nitrogens with one attached hydrogen (secondary N) is 1. The Morgan fingerprint density at radius 2 is 1.72 bits per heavy atom. The zero-order valence-corrected chi connectivity index (χ0v) is 20.4. The molecule has 2 aromatic rings. The van der Waals surface area contributed by atoms with Crippen molar-refractivity contribution >= 4 is 39.6 Å². The summed E-state index contributed by atoms with van der Waals surface area (Å²) in [5, 5.41) is 2.19. The molecule has 32 heavy (non-hydrogen) atoms. The number of hydrogen-bond acceptors (Lipinski definition) is 4. The summed E-state index contributed by atoms with van der Waals surface area (Å²) >= 11 is 4.89. The number of halogens is 4. The fraction of sp³-hybridized carbons (Fsp3) is 0.391. The van der Waals surface area contributed by atoms with E-state index >= 15 is 0 Å². The third-order valence-electron chi connectivity index (χ3n) is 4.77. The van der Waals surface area contributed by atoms with Crippen LogP contribution in [0.3, 0.4) is 0 Å². The Morgan fingerprint density at radius 1 is 1.12 bits per heavy atom. The Morgan fingerprint density at radius 3 is 2.25 bits per heavy atom. The number of rotatable bonds is 9. The van der Waals surface area contributed by atoms with E-state index in [-0.39, 0.29) is 25.3 Å². The van der Waals surface area contributed by atoms with Gasteiger partial charge in [0, 0.05) is 33.1 Å². The number of carbonyl (C=O) groups excluding carboxylic acids is 2. The molecule has 0 aliphatic rings. The average molecular weight is 532 g/mol. The molecule has 0 bridgehead atoms. The fourth-order valence-electron chi connectivity index (χ4n) is 3.06. The molecule has 0 saturated heterocycles. The summed E-state index contributed by atoms with van der Waals surface area (Å²) in [5.74, 6) is -0.789. The Labute approximate surface area is 198 Å². The van der Waals surface area contributed by atoms with Gasteiger partial charge in [-0.3, -0.25) is 9.59 Å². The topological polar surface area (TPSA) is 55.4 Å². The maximum Gasteiger partial charge on any atom is 0.389 e. The molecule has 174 valence electrons. The molecule has 1 amide bonds. The Hall–Kier alpha value is -2.00. The number of ether oxygens (including phenoxy) is 1. The lowest BCUT2D eigenvalue weighted by atomic mass is 10.0. The number of amides is 1. The summed E-state index contributed by atoms with van der Waals surface area (Å²) in [6.45, 7) is 4.03. The highest BCUT2D eigenvalue weighted by atomic mass is 79.9. The number of thioether (sulfide) groups is 1. The molecule has 0 aliphatic carbocycles. The molecule has 0 radical (unpaired) electrons. The van der Waals surface area contributed by atoms with Crippen LogP contribution >= 0.6 is 27.7 Å². The van der Waals surface area contributed by atoms with Gasteiger partial charge in [-0.2, -0.15) is 13.2 Å². The third-order valence-corrected chi connectivity index (χ3v) is 7.32. The highest BCUT2D eigenvalue weighted by Crippen LogP contribution is 2.42. The molecule has 1 unspecified atom stereocenters. The van der Waals surface area contributed by atoms with Crippen molar-refractivity contribution < 1.29 is 27.5 Å². The summed E-state index contributed by atoms with van der Waals surface area (Å²) in [6, 6.07) is 10.4. The minimum atomic E-state index is -4.25. The molecular formula is C23H25BrF3NO3S. The highest BCUT2D eigenvalue weighted by molar-refractivity contribution is 9.10. The second-order valence-corrected chi connectivity index (χ2v) is 9.40. The van der Waals surface area contributed by atoms with E-state index in [0.29, 0.717) is 11.1 Å². The van der Waals surface area contributed by atoms with E-state index in [1.165, 1.54) is 18.9 Å². The van der Waals surface area contributed by atoms with Gasteiger partial charge in [0.1, 0.15) is 0 Å². The van der Waals surface area contributed by atoms with Crippen LogP contribution in [0.15, 0.2) is 45.8 Å². The number of carbonyl (C=O) groups is 2. The van der Waals surface area contributed by atoms with Gasteiger partial charge in [-0.25, -0.2) is 0 Å². The van der Waals surface area contributed by atoms with Crippen LogP contribution in [0.1, 0.15) is 51.6 Å². The van der Waals surface area contributed by atoms with Crippen molar-refractivity contribution in [2.45, 2.75) is 49.4 Å². The van der Waals surface area contributed by atoms with Gasteiger partial charge >= 0.3 is 12.1 Å². The van der Waals surface area contributed by atoms with Crippen molar-refractivity contribution in [3.05, 3.63) is 63.1 Å². The van der Waals surface area contributed by atoms with Crippen molar-refractivity contribution in [2.24, 2.45) is 0 Å². The first-order valence-electron chi connectivity index (χ1n) is 9.95. The molecule has 4 nitrogen and oxygen atoms in total. The minimum Gasteiger partial charge on any atom is -0.469 e. The number of aryl methyl sites for hydroxylation is 2. The minimum absolute atomic E-state index is 0.0580. The molecule has 0 aromatic heterocycles. The third kappa shape index (κ3) is 8.16. The summed E-state index contributed by atoms with van der Waals surface area (Å²) in [4.78, 5) is 24.3. The molecule has 2 aromatic carbocycles. The number of hydrogen-bond donors (Lipinski definition) is 1. The van der Waals surface area contributed by atoms with Crippen LogP contribution in [0.5, 0.6) is 0 Å². The van der Waals surface area contributed by atoms with E-state index < -0.39 is 23.8 Å². The van der Waals surface area contributed by atoms with Crippen molar-refractivity contribution in [3.63, 3.8) is 0 Å². The quantitative estimate of drug-likeness (QED) is 0.295. The predicted molar refractivity (Wildman–Crippen MR) is 123 cm³/mol. The molecule has 2 rings (SSSR count). The van der Waals surface area contributed by atoms with Crippen molar-refractivity contribution in [1.29, 1.82) is 0 Å². The first-order valence-corrected chi connectivity index (χ1v) is 11.6. The number of methoxy groups -OCH3 is 1. The maximum absolute atomic E-state index is 12.9. The molecule has 1 atom stereocenters. The van der Waals surface area contributed by atoms with Gasteiger partial charge < -0.3 is 10.1 Å². The van der Waals surface area contributed by atoms with Crippen molar-refractivity contribution in [2.75, 3.05) is 13.7 Å². The van der Waals surface area contributed by atoms with Crippen LogP contribution in [0, 0.1) is 13.8 Å². The zero-order valence-electron chi connectivity index (χ0n) is 18.0. The van der Waals surface area contributed by atoms with Gasteiger partial charge in [0.25, 0.3) is 5.91 Å². The molecule has 0 saturated carbocycles. The van der Waals surface area contributed by atoms with Crippen LogP contribution in [-0.2, 0) is 9.53 Å². The molecule has 0 aliphatic heterocycles. The fourth-order valence-corrected chi connectivity index (χ4v) is 4.63. The summed E-state index contributed by atoms with van der Waals surface area (Å²) in [6.07, 6.45) is -5.16. The summed E-state index contributed by atoms with van der Waals surface area (Å²) in [5.41, 5.74) is 3.11. The number of benzene rings is 2. The average Bonchev–Trinajstić information content (AvgIpc) is 2.74. The second-order valence-electron chi connectivity index (χ2n) is 7.34. The Balaban J connectivity index is 2.16. The second kappa shape index (κ2) is 11.7. The summed E-state index contributed by atoms with van der Waals surface area (Å²) < 4.78 is 44.3. The van der Waals surface area contributed by atoms with Crippen LogP contribution in [0.4, 0.5) is 13.2 Å². The van der Waals surface area contributed by atoms with E-state index in [9.17, 15) is 22.8 Å². The molecule has 1 N–H and O–H groups in total. The molecule has 0 heterocycles. The van der Waals surface area contributed by atoms with E-state index in [2.05, 4.69) is 26.0 Å². The Kier molecular flexibility index (Phi) is 9.64. The van der Waals surface area contributed by atoms with Crippen LogP contribution in [0.25, 0.3) is 0 Å². The van der Waals surface area contributed by atoms with Crippen LogP contribution in [0.2, 0.25) is 0 Å².